The molecule has 0 saturated carbocycles. The molecule has 2 unspecified atom stereocenters. The summed E-state index contributed by atoms with van der Waals surface area (Å²) in [6.07, 6.45) is 4.18. The number of ether oxygens (including phenoxy) is 3. The lowest BCUT2D eigenvalue weighted by Crippen LogP contribution is -2.58. The Hall–Kier alpha value is -1.65. The van der Waals surface area contributed by atoms with Crippen molar-refractivity contribution in [2.45, 2.75) is 76.6 Å². The van der Waals surface area contributed by atoms with E-state index >= 15 is 0 Å². The lowest BCUT2D eigenvalue weighted by atomic mass is 9.95. The van der Waals surface area contributed by atoms with Crippen LogP contribution in [-0.2, 0) is 25.7 Å². The number of benzene rings is 1. The monoisotopic (exact) mass is 594 g/mol. The van der Waals surface area contributed by atoms with E-state index in [-0.39, 0.29) is 64.8 Å². The number of hydrogen-bond donors (Lipinski definition) is 1. The number of quaternary nitrogens is 1. The molecule has 0 amide bonds. The maximum atomic E-state index is 12.1. The van der Waals surface area contributed by atoms with Gasteiger partial charge >= 0.3 is 17.9 Å². The Bertz CT molecular complexity index is 834. The van der Waals surface area contributed by atoms with Crippen LogP contribution < -0.4 is 9.47 Å². The number of carbonyl (C=O) groups excluding carboxylic acids is 2. The molecule has 1 aromatic rings. The molecule has 2 aliphatic heterocycles. The number of carbonyl (C=O) groups is 3. The predicted molar refractivity (Wildman–Crippen MR) is 132 cm³/mol. The van der Waals surface area contributed by atoms with Crippen molar-refractivity contribution >= 4 is 51.9 Å². The predicted octanol–water partition coefficient (Wildman–Crippen LogP) is 4.21. The van der Waals surface area contributed by atoms with E-state index in [9.17, 15) is 14.4 Å². The molecule has 2 fully saturated rings. The zero-order chi connectivity index (χ0) is 22.6. The van der Waals surface area contributed by atoms with E-state index in [0.717, 1.165) is 42.3 Å². The largest absolute Gasteiger partial charge is 0.493 e. The van der Waals surface area contributed by atoms with E-state index in [1.165, 1.54) is 6.92 Å². The van der Waals surface area contributed by atoms with Crippen LogP contribution in [0.5, 0.6) is 11.5 Å². The van der Waals surface area contributed by atoms with E-state index in [2.05, 4.69) is 7.05 Å². The summed E-state index contributed by atoms with van der Waals surface area (Å²) in [6.45, 7) is 2.19. The molecular weight excluding hydrogens is 562 g/mol. The van der Waals surface area contributed by atoms with Crippen LogP contribution in [0.15, 0.2) is 18.2 Å². The highest BCUT2D eigenvalue weighted by Gasteiger charge is 2.52. The van der Waals surface area contributed by atoms with Crippen molar-refractivity contribution in [3.8, 4) is 11.5 Å². The van der Waals surface area contributed by atoms with Gasteiger partial charge in [0.25, 0.3) is 0 Å². The molecular formula is C23H34Br2NO7+. The molecule has 186 valence electrons. The van der Waals surface area contributed by atoms with Gasteiger partial charge in [0.05, 0.1) is 26.2 Å². The highest BCUT2D eigenvalue weighted by Crippen LogP contribution is 2.44. The molecule has 0 aromatic heterocycles. The minimum Gasteiger partial charge on any atom is -0.493 e. The second kappa shape index (κ2) is 12.7. The number of piperidine rings is 1. The van der Waals surface area contributed by atoms with Crippen LogP contribution in [0.2, 0.25) is 0 Å². The van der Waals surface area contributed by atoms with Gasteiger partial charge < -0.3 is 23.8 Å². The Balaban J connectivity index is 0.00000272. The Labute approximate surface area is 215 Å². The highest BCUT2D eigenvalue weighted by atomic mass is 79.9. The molecule has 3 rings (SSSR count). The van der Waals surface area contributed by atoms with Gasteiger partial charge in [0, 0.05) is 51.0 Å². The van der Waals surface area contributed by atoms with E-state index in [1.807, 2.05) is 12.1 Å². The van der Waals surface area contributed by atoms with Gasteiger partial charge in [-0.15, -0.1) is 34.0 Å². The summed E-state index contributed by atoms with van der Waals surface area (Å²) in [6, 6.07) is 6.47. The Morgan fingerprint density at radius 2 is 1.70 bits per heavy atom. The summed E-state index contributed by atoms with van der Waals surface area (Å²) in [5.41, 5.74) is 1.11. The third kappa shape index (κ3) is 7.42. The Kier molecular flexibility index (Phi) is 11.3. The van der Waals surface area contributed by atoms with Gasteiger partial charge in [-0.05, 0) is 24.6 Å². The third-order valence-electron chi connectivity index (χ3n) is 6.65. The molecule has 33 heavy (non-hydrogen) atoms. The van der Waals surface area contributed by atoms with E-state index in [4.69, 9.17) is 19.3 Å². The van der Waals surface area contributed by atoms with Crippen LogP contribution >= 0.6 is 34.0 Å². The standard InChI is InChI=1S/C23H31NO7.2BrH/c1-15(25)30-20-10-7-16(11-21(20)29-3)14-24(2)17-8-9-18(24)13-19(12-17)31-23(28)6-4-5-22(26)27;;/h7,10-11,17-19H,4-6,8-9,12-14H2,1-3H3;2*1H/p+1. The molecule has 2 bridgehead atoms. The Morgan fingerprint density at radius 1 is 1.06 bits per heavy atom. The first-order valence-corrected chi connectivity index (χ1v) is 10.8. The number of methoxy groups -OCH3 is 1. The first kappa shape index (κ1) is 29.4. The number of carboxylic acids is 1. The van der Waals surface area contributed by atoms with Crippen LogP contribution in [0.25, 0.3) is 0 Å². The molecule has 2 saturated heterocycles. The highest BCUT2D eigenvalue weighted by molar-refractivity contribution is 8.93. The van der Waals surface area contributed by atoms with Gasteiger partial charge in [0.1, 0.15) is 12.6 Å². The SMILES string of the molecule is Br.Br.COc1cc(C[N+]2(C)C3CCC2CC(OC(=O)CCCC(=O)O)C3)ccc1OC(C)=O. The molecule has 2 aliphatic rings. The molecule has 2 heterocycles. The maximum absolute atomic E-state index is 12.1. The number of fused-ring (bicyclic) bond motifs is 2. The third-order valence-corrected chi connectivity index (χ3v) is 6.65. The lowest BCUT2D eigenvalue weighted by molar-refractivity contribution is -0.961. The van der Waals surface area contributed by atoms with Gasteiger partial charge in [0.2, 0.25) is 0 Å². The summed E-state index contributed by atoms with van der Waals surface area (Å²) in [5, 5.41) is 8.71. The summed E-state index contributed by atoms with van der Waals surface area (Å²) in [5.74, 6) is -0.626. The van der Waals surface area contributed by atoms with Gasteiger partial charge in [-0.3, -0.25) is 14.4 Å². The Morgan fingerprint density at radius 3 is 2.24 bits per heavy atom. The molecule has 10 heteroatoms. The topological polar surface area (TPSA) is 99.1 Å². The smallest absolute Gasteiger partial charge is 0.308 e. The fraction of sp³-hybridized carbons (Fsp3) is 0.609. The molecule has 2 atom stereocenters. The lowest BCUT2D eigenvalue weighted by Gasteiger charge is -2.47. The summed E-state index contributed by atoms with van der Waals surface area (Å²) in [7, 11) is 3.82. The number of carboxylic acid groups (broad SMARTS) is 1. The fourth-order valence-corrected chi connectivity index (χ4v) is 5.12. The van der Waals surface area contributed by atoms with Crippen LogP contribution in [0.3, 0.4) is 0 Å². The number of nitrogens with zero attached hydrogens (tertiary/aromatic N) is 1. The second-order valence-electron chi connectivity index (χ2n) is 8.80. The molecule has 8 nitrogen and oxygen atoms in total. The van der Waals surface area contributed by atoms with Crippen LogP contribution in [0, 0.1) is 0 Å². The number of hydrogen-bond acceptors (Lipinski definition) is 6. The quantitative estimate of drug-likeness (QED) is 0.259. The first-order valence-electron chi connectivity index (χ1n) is 10.8. The normalized spacial score (nSPS) is 25.2. The van der Waals surface area contributed by atoms with E-state index in [0.29, 0.717) is 30.0 Å². The zero-order valence-corrected chi connectivity index (χ0v) is 22.7. The van der Waals surface area contributed by atoms with Crippen molar-refractivity contribution in [3.05, 3.63) is 23.8 Å². The average molecular weight is 596 g/mol. The first-order chi connectivity index (χ1) is 14.7. The average Bonchev–Trinajstić information content (AvgIpc) is 2.86. The van der Waals surface area contributed by atoms with Crippen molar-refractivity contribution in [2.75, 3.05) is 14.2 Å². The second-order valence-corrected chi connectivity index (χ2v) is 8.80. The van der Waals surface area contributed by atoms with Gasteiger partial charge in [-0.25, -0.2) is 0 Å². The molecule has 0 aliphatic carbocycles. The fourth-order valence-electron chi connectivity index (χ4n) is 5.12. The van der Waals surface area contributed by atoms with Gasteiger partial charge in [0.15, 0.2) is 11.5 Å². The molecule has 1 N–H and O–H groups in total. The van der Waals surface area contributed by atoms with Crippen LogP contribution in [-0.4, -0.2) is 59.8 Å². The number of esters is 2. The molecule has 0 spiro atoms. The van der Waals surface area contributed by atoms with Crippen LogP contribution in [0.1, 0.15) is 57.4 Å². The summed E-state index contributed by atoms with van der Waals surface area (Å²) < 4.78 is 17.2. The minimum absolute atomic E-state index is 0. The van der Waals surface area contributed by atoms with Crippen molar-refractivity contribution in [3.63, 3.8) is 0 Å². The number of aliphatic carboxylic acids is 1. The van der Waals surface area contributed by atoms with Crippen molar-refractivity contribution in [1.82, 2.24) is 0 Å². The zero-order valence-electron chi connectivity index (χ0n) is 19.3. The van der Waals surface area contributed by atoms with E-state index in [1.54, 1.807) is 13.2 Å². The van der Waals surface area contributed by atoms with E-state index < -0.39 is 5.97 Å². The maximum Gasteiger partial charge on any atom is 0.308 e. The number of rotatable bonds is 9. The summed E-state index contributed by atoms with van der Waals surface area (Å²) >= 11 is 0. The van der Waals surface area contributed by atoms with Crippen LogP contribution in [0.4, 0.5) is 0 Å². The van der Waals surface area contributed by atoms with Gasteiger partial charge in [-0.1, -0.05) is 0 Å². The minimum atomic E-state index is -0.894. The molecule has 1 aromatic carbocycles. The van der Waals surface area contributed by atoms with Gasteiger partial charge in [-0.2, -0.15) is 0 Å². The van der Waals surface area contributed by atoms with Crippen molar-refractivity contribution < 1.29 is 38.2 Å². The van der Waals surface area contributed by atoms with Crippen molar-refractivity contribution in [2.24, 2.45) is 0 Å². The molecule has 0 radical (unpaired) electrons. The van der Waals surface area contributed by atoms with Crippen molar-refractivity contribution in [1.29, 1.82) is 0 Å². The number of halogens is 2. The summed E-state index contributed by atoms with van der Waals surface area (Å²) in [4.78, 5) is 34.0.